The lowest BCUT2D eigenvalue weighted by atomic mass is 9.94. The first-order chi connectivity index (χ1) is 11.2. The highest BCUT2D eigenvalue weighted by Gasteiger charge is 2.25. The first kappa shape index (κ1) is 16.9. The molecule has 0 N–H and O–H groups in total. The number of carbonyl (C=O) groups excluding carboxylic acids is 1. The standard InChI is InChI=1S/C17H20O6/c1-4-9-21-17(18)23-16-14-10-13(20-3)7-5-12(14)6-8-15(16)22-11-19-2/h4-5,7,10H,1,6,8-9,11H2,2-3H3. The van der Waals surface area contributed by atoms with Gasteiger partial charge in [-0.3, -0.25) is 0 Å². The topological polar surface area (TPSA) is 63.2 Å². The lowest BCUT2D eigenvalue weighted by Crippen LogP contribution is -2.15. The molecule has 0 radical (unpaired) electrons. The molecule has 0 saturated carbocycles. The molecule has 1 aromatic rings. The monoisotopic (exact) mass is 320 g/mol. The zero-order valence-electron chi connectivity index (χ0n) is 13.3. The van der Waals surface area contributed by atoms with Gasteiger partial charge in [0.1, 0.15) is 18.1 Å². The van der Waals surface area contributed by atoms with Gasteiger partial charge in [-0.1, -0.05) is 18.7 Å². The molecule has 2 rings (SSSR count). The van der Waals surface area contributed by atoms with Gasteiger partial charge in [-0.15, -0.1) is 0 Å². The van der Waals surface area contributed by atoms with Crippen LogP contribution in [0.3, 0.4) is 0 Å². The van der Waals surface area contributed by atoms with E-state index < -0.39 is 6.16 Å². The first-order valence-corrected chi connectivity index (χ1v) is 7.17. The molecule has 124 valence electrons. The molecule has 0 spiro atoms. The van der Waals surface area contributed by atoms with Crippen molar-refractivity contribution in [3.63, 3.8) is 0 Å². The summed E-state index contributed by atoms with van der Waals surface area (Å²) in [5.41, 5.74) is 1.79. The summed E-state index contributed by atoms with van der Waals surface area (Å²) in [4.78, 5) is 11.8. The summed E-state index contributed by atoms with van der Waals surface area (Å²) in [7, 11) is 3.11. The average Bonchev–Trinajstić information content (AvgIpc) is 2.58. The fraction of sp³-hybridized carbons (Fsp3) is 0.353. The Bertz CT molecular complexity index is 605. The maximum Gasteiger partial charge on any atom is 0.514 e. The van der Waals surface area contributed by atoms with Crippen molar-refractivity contribution in [1.82, 2.24) is 0 Å². The van der Waals surface area contributed by atoms with E-state index in [1.807, 2.05) is 12.1 Å². The highest BCUT2D eigenvalue weighted by Crippen LogP contribution is 2.35. The lowest BCUT2D eigenvalue weighted by molar-refractivity contribution is -0.000250. The molecule has 0 saturated heterocycles. The summed E-state index contributed by atoms with van der Waals surface area (Å²) in [6.07, 6.45) is 2.03. The van der Waals surface area contributed by atoms with E-state index in [1.165, 1.54) is 13.2 Å². The average molecular weight is 320 g/mol. The second kappa shape index (κ2) is 8.24. The molecule has 1 aliphatic rings. The summed E-state index contributed by atoms with van der Waals surface area (Å²) in [5.74, 6) is 1.54. The number of carbonyl (C=O) groups is 1. The molecule has 23 heavy (non-hydrogen) atoms. The van der Waals surface area contributed by atoms with E-state index >= 15 is 0 Å². The van der Waals surface area contributed by atoms with Crippen molar-refractivity contribution in [2.45, 2.75) is 12.8 Å². The third-order valence-corrected chi connectivity index (χ3v) is 3.29. The van der Waals surface area contributed by atoms with Gasteiger partial charge in [0.2, 0.25) is 0 Å². The van der Waals surface area contributed by atoms with Crippen LogP contribution in [0.4, 0.5) is 4.79 Å². The first-order valence-electron chi connectivity index (χ1n) is 7.17. The molecule has 6 heteroatoms. The highest BCUT2D eigenvalue weighted by molar-refractivity contribution is 5.77. The Hall–Kier alpha value is -2.47. The van der Waals surface area contributed by atoms with E-state index in [0.717, 1.165) is 17.5 Å². The Kier molecular flexibility index (Phi) is 6.05. The Morgan fingerprint density at radius 3 is 2.83 bits per heavy atom. The van der Waals surface area contributed by atoms with Crippen LogP contribution in [0, 0.1) is 0 Å². The van der Waals surface area contributed by atoms with Gasteiger partial charge in [0.05, 0.1) is 7.11 Å². The van der Waals surface area contributed by atoms with Gasteiger partial charge < -0.3 is 23.7 Å². The second-order valence-electron chi connectivity index (χ2n) is 4.78. The number of aryl methyl sites for hydroxylation is 1. The van der Waals surface area contributed by atoms with Crippen LogP contribution in [0.1, 0.15) is 17.5 Å². The predicted molar refractivity (Wildman–Crippen MR) is 83.8 cm³/mol. The van der Waals surface area contributed by atoms with Crippen molar-refractivity contribution in [2.24, 2.45) is 0 Å². The van der Waals surface area contributed by atoms with Crippen LogP contribution in [0.25, 0.3) is 5.76 Å². The zero-order chi connectivity index (χ0) is 16.7. The zero-order valence-corrected chi connectivity index (χ0v) is 13.3. The van der Waals surface area contributed by atoms with Crippen LogP contribution < -0.4 is 4.74 Å². The fourth-order valence-electron chi connectivity index (χ4n) is 2.24. The van der Waals surface area contributed by atoms with E-state index in [2.05, 4.69) is 6.58 Å². The maximum atomic E-state index is 11.8. The minimum Gasteiger partial charge on any atom is -0.497 e. The second-order valence-corrected chi connectivity index (χ2v) is 4.78. The quantitative estimate of drug-likeness (QED) is 0.436. The smallest absolute Gasteiger partial charge is 0.497 e. The number of allylic oxidation sites excluding steroid dienone is 1. The minimum absolute atomic E-state index is 0.0726. The molecule has 0 bridgehead atoms. The van der Waals surface area contributed by atoms with Crippen molar-refractivity contribution in [1.29, 1.82) is 0 Å². The van der Waals surface area contributed by atoms with Gasteiger partial charge in [0.15, 0.2) is 12.6 Å². The number of fused-ring (bicyclic) bond motifs is 1. The molecule has 0 amide bonds. The van der Waals surface area contributed by atoms with Crippen LogP contribution in [0.15, 0.2) is 36.6 Å². The van der Waals surface area contributed by atoms with Crippen LogP contribution in [0.2, 0.25) is 0 Å². The van der Waals surface area contributed by atoms with Crippen molar-refractivity contribution < 1.29 is 28.5 Å². The van der Waals surface area contributed by atoms with Crippen LogP contribution in [-0.4, -0.2) is 33.8 Å². The molecule has 0 unspecified atom stereocenters. The van der Waals surface area contributed by atoms with E-state index in [1.54, 1.807) is 13.2 Å². The van der Waals surface area contributed by atoms with Gasteiger partial charge in [0.25, 0.3) is 0 Å². The lowest BCUT2D eigenvalue weighted by Gasteiger charge is -2.22. The maximum absolute atomic E-state index is 11.8. The normalized spacial score (nSPS) is 13.1. The number of methoxy groups -OCH3 is 2. The Morgan fingerprint density at radius 1 is 1.30 bits per heavy atom. The Labute approximate surface area is 135 Å². The molecule has 6 nitrogen and oxygen atoms in total. The molecule has 1 aliphatic carbocycles. The van der Waals surface area contributed by atoms with Gasteiger partial charge >= 0.3 is 6.16 Å². The van der Waals surface area contributed by atoms with E-state index in [0.29, 0.717) is 23.7 Å². The van der Waals surface area contributed by atoms with Crippen molar-refractivity contribution in [3.8, 4) is 5.75 Å². The van der Waals surface area contributed by atoms with Gasteiger partial charge in [-0.25, -0.2) is 4.79 Å². The van der Waals surface area contributed by atoms with E-state index in [-0.39, 0.29) is 13.4 Å². The third-order valence-electron chi connectivity index (χ3n) is 3.29. The fourth-order valence-corrected chi connectivity index (χ4v) is 2.24. The Balaban J connectivity index is 2.33. The van der Waals surface area contributed by atoms with E-state index in [9.17, 15) is 4.79 Å². The van der Waals surface area contributed by atoms with Crippen molar-refractivity contribution >= 4 is 11.9 Å². The SMILES string of the molecule is C=CCOC(=O)OC1=C(OCOC)CCc2ccc(OC)cc21. The van der Waals surface area contributed by atoms with Crippen molar-refractivity contribution in [2.75, 3.05) is 27.6 Å². The van der Waals surface area contributed by atoms with Gasteiger partial charge in [-0.2, -0.15) is 0 Å². The minimum atomic E-state index is -0.811. The number of rotatable bonds is 7. The largest absolute Gasteiger partial charge is 0.514 e. The summed E-state index contributed by atoms with van der Waals surface area (Å²) in [5, 5.41) is 0. The van der Waals surface area contributed by atoms with Crippen LogP contribution in [-0.2, 0) is 25.4 Å². The number of ether oxygens (including phenoxy) is 5. The molecule has 0 atom stereocenters. The molecule has 0 fully saturated rings. The molecule has 0 heterocycles. The van der Waals surface area contributed by atoms with Crippen LogP contribution >= 0.6 is 0 Å². The summed E-state index contributed by atoms with van der Waals surface area (Å²) in [6.45, 7) is 3.64. The number of hydrogen-bond acceptors (Lipinski definition) is 6. The molecular formula is C17H20O6. The molecule has 1 aromatic carbocycles. The van der Waals surface area contributed by atoms with Gasteiger partial charge in [-0.05, 0) is 24.1 Å². The number of benzene rings is 1. The molecule has 0 aromatic heterocycles. The van der Waals surface area contributed by atoms with Gasteiger partial charge in [0, 0.05) is 19.1 Å². The summed E-state index contributed by atoms with van der Waals surface area (Å²) in [6, 6.07) is 5.62. The third kappa shape index (κ3) is 4.26. The molecular weight excluding hydrogens is 300 g/mol. The Morgan fingerprint density at radius 2 is 2.13 bits per heavy atom. The van der Waals surface area contributed by atoms with Crippen LogP contribution in [0.5, 0.6) is 5.75 Å². The molecule has 0 aliphatic heterocycles. The van der Waals surface area contributed by atoms with E-state index in [4.69, 9.17) is 23.7 Å². The van der Waals surface area contributed by atoms with Crippen molar-refractivity contribution in [3.05, 3.63) is 47.7 Å². The summed E-state index contributed by atoms with van der Waals surface area (Å²) >= 11 is 0. The highest BCUT2D eigenvalue weighted by atomic mass is 16.7. The summed E-state index contributed by atoms with van der Waals surface area (Å²) < 4.78 is 26.0. The number of hydrogen-bond donors (Lipinski definition) is 0. The predicted octanol–water partition coefficient (Wildman–Crippen LogP) is 3.27.